The van der Waals surface area contributed by atoms with Crippen molar-refractivity contribution in [2.75, 3.05) is 0 Å². The van der Waals surface area contributed by atoms with Crippen LogP contribution in [-0.4, -0.2) is 16.9 Å². The molecule has 0 radical (unpaired) electrons. The van der Waals surface area contributed by atoms with E-state index in [2.05, 4.69) is 17.2 Å². The minimum atomic E-state index is -0.611. The topological polar surface area (TPSA) is 42.0 Å². The number of fused-ring (bicyclic) bond motifs is 2. The van der Waals surface area contributed by atoms with Crippen molar-refractivity contribution in [1.29, 1.82) is 0 Å². The Bertz CT molecular complexity index is 491. The van der Waals surface area contributed by atoms with Crippen LogP contribution >= 0.6 is 0 Å². The molecule has 2 aliphatic rings. The molecule has 4 heteroatoms. The quantitative estimate of drug-likeness (QED) is 0.851. The van der Waals surface area contributed by atoms with Crippen LogP contribution in [0.25, 0.3) is 0 Å². The maximum absolute atomic E-state index is 13.0. The molecule has 0 aromatic carbocycles. The Labute approximate surface area is 112 Å². The molecule has 0 spiro atoms. The summed E-state index contributed by atoms with van der Waals surface area (Å²) in [7, 11) is 0. The third-order valence-corrected chi connectivity index (χ3v) is 4.74. The Morgan fingerprint density at radius 1 is 1.42 bits per heavy atom. The molecule has 4 atom stereocenters. The second-order valence-electron chi connectivity index (χ2n) is 5.95. The number of rotatable bonds is 3. The van der Waals surface area contributed by atoms with Gasteiger partial charge >= 0.3 is 0 Å². The number of amides is 1. The minimum Gasteiger partial charge on any atom is -0.348 e. The van der Waals surface area contributed by atoms with Gasteiger partial charge in [-0.2, -0.15) is 4.39 Å². The second-order valence-corrected chi connectivity index (χ2v) is 5.95. The van der Waals surface area contributed by atoms with Gasteiger partial charge in [-0.3, -0.25) is 4.79 Å². The van der Waals surface area contributed by atoms with E-state index in [1.807, 2.05) is 0 Å². The minimum absolute atomic E-state index is 0.146. The summed E-state index contributed by atoms with van der Waals surface area (Å²) in [6.45, 7) is 2.06. The fourth-order valence-electron chi connectivity index (χ4n) is 3.83. The van der Waals surface area contributed by atoms with Crippen molar-refractivity contribution in [2.24, 2.45) is 17.8 Å². The van der Waals surface area contributed by atoms with E-state index in [4.69, 9.17) is 0 Å². The average molecular weight is 262 g/mol. The third-order valence-electron chi connectivity index (χ3n) is 4.74. The van der Waals surface area contributed by atoms with Gasteiger partial charge < -0.3 is 5.32 Å². The van der Waals surface area contributed by atoms with Crippen LogP contribution in [0.4, 0.5) is 4.39 Å². The molecule has 2 bridgehead atoms. The van der Waals surface area contributed by atoms with Crippen LogP contribution in [0.3, 0.4) is 0 Å². The van der Waals surface area contributed by atoms with E-state index in [0.717, 1.165) is 11.8 Å². The summed E-state index contributed by atoms with van der Waals surface area (Å²) >= 11 is 0. The molecule has 2 fully saturated rings. The highest BCUT2D eigenvalue weighted by Gasteiger charge is 2.42. The fraction of sp³-hybridized carbons (Fsp3) is 0.600. The smallest absolute Gasteiger partial charge is 0.270 e. The van der Waals surface area contributed by atoms with Crippen LogP contribution in [0.15, 0.2) is 18.2 Å². The van der Waals surface area contributed by atoms with E-state index in [0.29, 0.717) is 5.92 Å². The van der Waals surface area contributed by atoms with E-state index >= 15 is 0 Å². The monoisotopic (exact) mass is 262 g/mol. The molecule has 1 heterocycles. The van der Waals surface area contributed by atoms with Gasteiger partial charge in [0.15, 0.2) is 0 Å². The Morgan fingerprint density at radius 2 is 2.26 bits per heavy atom. The number of carbonyl (C=O) groups is 1. The number of pyridine rings is 1. The van der Waals surface area contributed by atoms with Crippen molar-refractivity contribution in [3.8, 4) is 0 Å². The lowest BCUT2D eigenvalue weighted by Gasteiger charge is -2.28. The van der Waals surface area contributed by atoms with Gasteiger partial charge in [-0.25, -0.2) is 4.98 Å². The zero-order valence-electron chi connectivity index (χ0n) is 11.1. The number of hydrogen-bond donors (Lipinski definition) is 1. The molecule has 4 unspecified atom stereocenters. The SMILES string of the molecule is CC(NC(=O)c1cccc(F)n1)C1CC2CCC1C2. The van der Waals surface area contributed by atoms with E-state index in [-0.39, 0.29) is 17.6 Å². The van der Waals surface area contributed by atoms with Crippen LogP contribution < -0.4 is 5.32 Å². The molecule has 19 heavy (non-hydrogen) atoms. The fourth-order valence-corrected chi connectivity index (χ4v) is 3.83. The summed E-state index contributed by atoms with van der Waals surface area (Å²) in [6, 6.07) is 4.45. The zero-order chi connectivity index (χ0) is 13.4. The van der Waals surface area contributed by atoms with Crippen molar-refractivity contribution in [2.45, 2.75) is 38.6 Å². The van der Waals surface area contributed by atoms with Crippen LogP contribution in [0.2, 0.25) is 0 Å². The molecule has 1 aromatic rings. The Balaban J connectivity index is 1.63. The number of halogens is 1. The van der Waals surface area contributed by atoms with Gasteiger partial charge in [0.05, 0.1) is 0 Å². The first kappa shape index (κ1) is 12.6. The molecule has 102 valence electrons. The summed E-state index contributed by atoms with van der Waals surface area (Å²) in [5.41, 5.74) is 0.162. The molecular weight excluding hydrogens is 243 g/mol. The molecule has 0 saturated heterocycles. The largest absolute Gasteiger partial charge is 0.348 e. The lowest BCUT2D eigenvalue weighted by molar-refractivity contribution is 0.0909. The maximum Gasteiger partial charge on any atom is 0.270 e. The van der Waals surface area contributed by atoms with Crippen molar-refractivity contribution in [1.82, 2.24) is 10.3 Å². The summed E-state index contributed by atoms with van der Waals surface area (Å²) in [5, 5.41) is 2.98. The van der Waals surface area contributed by atoms with Crippen LogP contribution in [-0.2, 0) is 0 Å². The normalized spacial score (nSPS) is 30.3. The molecule has 2 aliphatic carbocycles. The molecule has 0 aliphatic heterocycles. The van der Waals surface area contributed by atoms with Crippen LogP contribution in [0, 0.1) is 23.7 Å². The summed E-state index contributed by atoms with van der Waals surface area (Å²) in [6.07, 6.45) is 5.20. The van der Waals surface area contributed by atoms with Gasteiger partial charge in [-0.15, -0.1) is 0 Å². The first-order valence-electron chi connectivity index (χ1n) is 7.07. The van der Waals surface area contributed by atoms with Gasteiger partial charge in [-0.1, -0.05) is 12.5 Å². The van der Waals surface area contributed by atoms with Crippen molar-refractivity contribution in [3.05, 3.63) is 29.8 Å². The molecule has 1 N–H and O–H groups in total. The van der Waals surface area contributed by atoms with E-state index in [9.17, 15) is 9.18 Å². The summed E-state index contributed by atoms with van der Waals surface area (Å²) in [5.74, 6) is 1.33. The number of carbonyl (C=O) groups excluding carboxylic acids is 1. The lowest BCUT2D eigenvalue weighted by Crippen LogP contribution is -2.40. The number of nitrogens with one attached hydrogen (secondary N) is 1. The average Bonchev–Trinajstić information content (AvgIpc) is 3.00. The Hall–Kier alpha value is -1.45. The first-order chi connectivity index (χ1) is 9.13. The number of aromatic nitrogens is 1. The Kier molecular flexibility index (Phi) is 3.25. The molecule has 1 amide bonds. The highest BCUT2D eigenvalue weighted by molar-refractivity contribution is 5.92. The summed E-state index contributed by atoms with van der Waals surface area (Å²) in [4.78, 5) is 15.7. The van der Waals surface area contributed by atoms with Gasteiger partial charge in [0.25, 0.3) is 5.91 Å². The molecular formula is C15H19FN2O. The van der Waals surface area contributed by atoms with Crippen LogP contribution in [0.1, 0.15) is 43.1 Å². The van der Waals surface area contributed by atoms with E-state index in [1.165, 1.54) is 37.8 Å². The second kappa shape index (κ2) is 4.91. The molecule has 3 rings (SSSR count). The van der Waals surface area contributed by atoms with Crippen LogP contribution in [0.5, 0.6) is 0 Å². The molecule has 1 aromatic heterocycles. The Morgan fingerprint density at radius 3 is 2.89 bits per heavy atom. The molecule has 2 saturated carbocycles. The number of hydrogen-bond acceptors (Lipinski definition) is 2. The van der Waals surface area contributed by atoms with E-state index in [1.54, 1.807) is 6.07 Å². The van der Waals surface area contributed by atoms with Crippen molar-refractivity contribution < 1.29 is 9.18 Å². The maximum atomic E-state index is 13.0. The highest BCUT2D eigenvalue weighted by Crippen LogP contribution is 2.49. The first-order valence-corrected chi connectivity index (χ1v) is 7.07. The standard InChI is InChI=1S/C15H19FN2O/c1-9(12-8-10-5-6-11(12)7-10)17-15(19)13-3-2-4-14(16)18-13/h2-4,9-12H,5-8H2,1H3,(H,17,19). The van der Waals surface area contributed by atoms with Crippen molar-refractivity contribution >= 4 is 5.91 Å². The van der Waals surface area contributed by atoms with Crippen molar-refractivity contribution in [3.63, 3.8) is 0 Å². The zero-order valence-corrected chi connectivity index (χ0v) is 11.1. The summed E-state index contributed by atoms with van der Waals surface area (Å²) < 4.78 is 13.0. The van der Waals surface area contributed by atoms with Gasteiger partial charge in [0, 0.05) is 6.04 Å². The third kappa shape index (κ3) is 2.48. The van der Waals surface area contributed by atoms with Gasteiger partial charge in [-0.05, 0) is 56.1 Å². The lowest BCUT2D eigenvalue weighted by atomic mass is 9.84. The van der Waals surface area contributed by atoms with Gasteiger partial charge in [0.1, 0.15) is 5.69 Å². The predicted molar refractivity (Wildman–Crippen MR) is 70.1 cm³/mol. The predicted octanol–water partition coefficient (Wildman–Crippen LogP) is 2.78. The van der Waals surface area contributed by atoms with Gasteiger partial charge in [0.2, 0.25) is 5.95 Å². The number of nitrogens with zero attached hydrogens (tertiary/aromatic N) is 1. The highest BCUT2D eigenvalue weighted by atomic mass is 19.1. The molecule has 3 nitrogen and oxygen atoms in total. The van der Waals surface area contributed by atoms with E-state index < -0.39 is 5.95 Å².